The third-order valence-electron chi connectivity index (χ3n) is 5.37. The van der Waals surface area contributed by atoms with Crippen molar-refractivity contribution in [1.82, 2.24) is 19.8 Å². The molecule has 0 saturated carbocycles. The Hall–Kier alpha value is -2.93. The van der Waals surface area contributed by atoms with E-state index in [-0.39, 0.29) is 5.91 Å². The van der Waals surface area contributed by atoms with Crippen LogP contribution < -0.4 is 0 Å². The second-order valence-electron chi connectivity index (χ2n) is 7.36. The van der Waals surface area contributed by atoms with Crippen LogP contribution in [0, 0.1) is 0 Å². The average Bonchev–Trinajstić information content (AvgIpc) is 3.48. The number of hydrogen-bond acceptors (Lipinski definition) is 6. The smallest absolute Gasteiger partial charge is 0.289 e. The van der Waals surface area contributed by atoms with Gasteiger partial charge in [-0.1, -0.05) is 0 Å². The summed E-state index contributed by atoms with van der Waals surface area (Å²) in [6, 6.07) is 7.47. The highest BCUT2D eigenvalue weighted by Crippen LogP contribution is 2.27. The molecule has 2 aliphatic heterocycles. The van der Waals surface area contributed by atoms with Crippen LogP contribution in [-0.4, -0.2) is 45.3 Å². The first-order valence-electron chi connectivity index (χ1n) is 9.75. The maximum atomic E-state index is 12.9. The highest BCUT2D eigenvalue weighted by molar-refractivity contribution is 5.91. The van der Waals surface area contributed by atoms with Crippen molar-refractivity contribution in [2.24, 2.45) is 0 Å². The van der Waals surface area contributed by atoms with Gasteiger partial charge in [-0.15, -0.1) is 0 Å². The second-order valence-corrected chi connectivity index (χ2v) is 7.36. The van der Waals surface area contributed by atoms with Crippen LogP contribution in [0.15, 0.2) is 45.5 Å². The van der Waals surface area contributed by atoms with Crippen LogP contribution >= 0.6 is 0 Å². The minimum atomic E-state index is -0.0933. The number of oxazole rings is 1. The van der Waals surface area contributed by atoms with E-state index in [4.69, 9.17) is 8.83 Å². The summed E-state index contributed by atoms with van der Waals surface area (Å²) in [6.07, 6.45) is 6.57. The molecule has 0 aliphatic carbocycles. The number of pyridine rings is 1. The molecule has 0 aromatic carbocycles. The number of hydrogen-bond donors (Lipinski definition) is 0. The lowest BCUT2D eigenvalue weighted by Crippen LogP contribution is -2.35. The Kier molecular flexibility index (Phi) is 4.44. The third kappa shape index (κ3) is 3.33. The van der Waals surface area contributed by atoms with Crippen molar-refractivity contribution < 1.29 is 13.6 Å². The summed E-state index contributed by atoms with van der Waals surface area (Å²) in [4.78, 5) is 25.7. The Bertz CT molecular complexity index is 973. The predicted molar refractivity (Wildman–Crippen MR) is 101 cm³/mol. The number of nitrogens with zero attached hydrogens (tertiary/aromatic N) is 4. The van der Waals surface area contributed by atoms with Crippen molar-refractivity contribution in [3.05, 3.63) is 59.6 Å². The summed E-state index contributed by atoms with van der Waals surface area (Å²) < 4.78 is 11.7. The molecule has 0 bridgehead atoms. The van der Waals surface area contributed by atoms with Crippen LogP contribution in [0.5, 0.6) is 0 Å². The first-order chi connectivity index (χ1) is 13.8. The molecule has 1 saturated heterocycles. The second kappa shape index (κ2) is 7.24. The number of aromatic nitrogens is 2. The van der Waals surface area contributed by atoms with Gasteiger partial charge in [0.05, 0.1) is 18.7 Å². The van der Waals surface area contributed by atoms with Gasteiger partial charge < -0.3 is 13.7 Å². The van der Waals surface area contributed by atoms with E-state index in [1.165, 1.54) is 12.8 Å². The van der Waals surface area contributed by atoms with Crippen LogP contribution in [0.4, 0.5) is 0 Å². The Morgan fingerprint density at radius 2 is 2.00 bits per heavy atom. The quantitative estimate of drug-likeness (QED) is 0.694. The molecule has 1 fully saturated rings. The lowest BCUT2D eigenvalue weighted by Gasteiger charge is -2.24. The predicted octanol–water partition coefficient (Wildman–Crippen LogP) is 3.12. The maximum Gasteiger partial charge on any atom is 0.289 e. The fourth-order valence-electron chi connectivity index (χ4n) is 3.88. The lowest BCUT2D eigenvalue weighted by molar-refractivity contribution is 0.0692. The monoisotopic (exact) mass is 378 g/mol. The van der Waals surface area contributed by atoms with E-state index in [9.17, 15) is 4.79 Å². The molecule has 5 rings (SSSR count). The van der Waals surface area contributed by atoms with Gasteiger partial charge in [0, 0.05) is 25.4 Å². The molecular weight excluding hydrogens is 356 g/mol. The Morgan fingerprint density at radius 3 is 2.82 bits per heavy atom. The van der Waals surface area contributed by atoms with Crippen LogP contribution in [0.1, 0.15) is 40.6 Å². The van der Waals surface area contributed by atoms with Gasteiger partial charge >= 0.3 is 0 Å². The van der Waals surface area contributed by atoms with E-state index in [1.807, 2.05) is 18.2 Å². The van der Waals surface area contributed by atoms with Gasteiger partial charge in [-0.25, -0.2) is 4.98 Å². The maximum absolute atomic E-state index is 12.9. The largest absolute Gasteiger partial charge is 0.455 e. The zero-order chi connectivity index (χ0) is 18.9. The lowest BCUT2D eigenvalue weighted by atomic mass is 10.1. The summed E-state index contributed by atoms with van der Waals surface area (Å²) in [5.74, 6) is 2.55. The van der Waals surface area contributed by atoms with Gasteiger partial charge in [-0.05, 0) is 50.2 Å². The van der Waals surface area contributed by atoms with Crippen molar-refractivity contribution in [3.8, 4) is 11.5 Å². The number of furan rings is 1. The van der Waals surface area contributed by atoms with Gasteiger partial charge in [0.15, 0.2) is 5.76 Å². The summed E-state index contributed by atoms with van der Waals surface area (Å²) >= 11 is 0. The molecule has 0 spiro atoms. The van der Waals surface area contributed by atoms with Crippen LogP contribution in [0.3, 0.4) is 0 Å². The van der Waals surface area contributed by atoms with E-state index in [2.05, 4.69) is 14.9 Å². The average molecular weight is 378 g/mol. The standard InChI is InChI=1S/C21H22N4O3/c26-21(19-6-5-16(27-19)13-24-9-1-2-10-24)25-11-7-18-17(14-25)23-20(28-18)15-4-3-8-22-12-15/h3-6,8,12H,1-2,7,9-11,13-14H2. The van der Waals surface area contributed by atoms with Crippen molar-refractivity contribution >= 4 is 5.91 Å². The molecule has 0 radical (unpaired) electrons. The van der Waals surface area contributed by atoms with E-state index in [1.54, 1.807) is 23.4 Å². The Morgan fingerprint density at radius 1 is 1.11 bits per heavy atom. The molecule has 1 amide bonds. The van der Waals surface area contributed by atoms with E-state index < -0.39 is 0 Å². The van der Waals surface area contributed by atoms with Gasteiger partial charge in [0.2, 0.25) is 5.89 Å². The molecule has 2 aliphatic rings. The normalized spacial score (nSPS) is 17.1. The highest BCUT2D eigenvalue weighted by atomic mass is 16.4. The molecule has 3 aromatic rings. The van der Waals surface area contributed by atoms with Gasteiger partial charge in [-0.2, -0.15) is 0 Å². The third-order valence-corrected chi connectivity index (χ3v) is 5.37. The molecule has 144 valence electrons. The Balaban J connectivity index is 1.28. The van der Waals surface area contributed by atoms with Crippen LogP contribution in [0.25, 0.3) is 11.5 Å². The molecule has 7 heteroatoms. The summed E-state index contributed by atoms with van der Waals surface area (Å²) in [5, 5.41) is 0. The van der Waals surface area contributed by atoms with Crippen LogP contribution in [0.2, 0.25) is 0 Å². The summed E-state index contributed by atoms with van der Waals surface area (Å²) in [6.45, 7) is 4.00. The van der Waals surface area contributed by atoms with E-state index >= 15 is 0 Å². The van der Waals surface area contributed by atoms with Crippen molar-refractivity contribution in [2.75, 3.05) is 19.6 Å². The van der Waals surface area contributed by atoms with E-state index in [0.717, 1.165) is 42.4 Å². The number of fused-ring (bicyclic) bond motifs is 1. The fourth-order valence-corrected chi connectivity index (χ4v) is 3.88. The number of likely N-dealkylation sites (tertiary alicyclic amines) is 1. The molecule has 5 heterocycles. The van der Waals surface area contributed by atoms with Crippen molar-refractivity contribution in [3.63, 3.8) is 0 Å². The molecule has 0 N–H and O–H groups in total. The minimum Gasteiger partial charge on any atom is -0.455 e. The minimum absolute atomic E-state index is 0.0933. The fraction of sp³-hybridized carbons (Fsp3) is 0.381. The molecule has 3 aromatic heterocycles. The first-order valence-corrected chi connectivity index (χ1v) is 9.75. The van der Waals surface area contributed by atoms with E-state index in [0.29, 0.717) is 31.2 Å². The van der Waals surface area contributed by atoms with Crippen LogP contribution in [-0.2, 0) is 19.5 Å². The molecule has 28 heavy (non-hydrogen) atoms. The molecule has 0 unspecified atom stereocenters. The molecular formula is C21H22N4O3. The summed E-state index contributed by atoms with van der Waals surface area (Å²) in [7, 11) is 0. The highest BCUT2D eigenvalue weighted by Gasteiger charge is 2.28. The SMILES string of the molecule is O=C(c1ccc(CN2CCCC2)o1)N1CCc2oc(-c3cccnc3)nc2C1. The number of carbonyl (C=O) groups excluding carboxylic acids is 1. The zero-order valence-electron chi connectivity index (χ0n) is 15.6. The topological polar surface area (TPSA) is 75.6 Å². The molecule has 0 atom stereocenters. The Labute approximate surface area is 163 Å². The van der Waals surface area contributed by atoms with Gasteiger partial charge in [0.25, 0.3) is 5.91 Å². The van der Waals surface area contributed by atoms with Crippen molar-refractivity contribution in [2.45, 2.75) is 32.4 Å². The number of carbonyl (C=O) groups is 1. The summed E-state index contributed by atoms with van der Waals surface area (Å²) in [5.41, 5.74) is 1.65. The first kappa shape index (κ1) is 17.2. The number of amides is 1. The number of rotatable bonds is 4. The van der Waals surface area contributed by atoms with Gasteiger partial charge in [0.1, 0.15) is 17.2 Å². The van der Waals surface area contributed by atoms with Gasteiger partial charge in [-0.3, -0.25) is 14.7 Å². The molecule has 7 nitrogen and oxygen atoms in total. The van der Waals surface area contributed by atoms with Crippen molar-refractivity contribution in [1.29, 1.82) is 0 Å². The zero-order valence-corrected chi connectivity index (χ0v) is 15.6.